The standard InChI is InChI=1S/C13H24N2O3/c1-7(2)8(9(16)17)14-11(18)15-10-12(3,4)13(10,5)6/h7-8,10H,1-6H3,(H,16,17)(H2,14,15,18)/t8-/m1/s1. The smallest absolute Gasteiger partial charge is 0.326 e. The fourth-order valence-electron chi connectivity index (χ4n) is 2.38. The van der Waals surface area contributed by atoms with Crippen LogP contribution in [-0.4, -0.2) is 29.2 Å². The van der Waals surface area contributed by atoms with Crippen LogP contribution in [0.4, 0.5) is 4.79 Å². The van der Waals surface area contributed by atoms with Crippen molar-refractivity contribution in [2.45, 2.75) is 53.6 Å². The van der Waals surface area contributed by atoms with Gasteiger partial charge in [-0.3, -0.25) is 0 Å². The number of carbonyl (C=O) groups is 2. The van der Waals surface area contributed by atoms with Crippen LogP contribution in [0.3, 0.4) is 0 Å². The minimum atomic E-state index is -1.01. The molecule has 0 saturated heterocycles. The van der Waals surface area contributed by atoms with Gasteiger partial charge >= 0.3 is 12.0 Å². The van der Waals surface area contributed by atoms with Gasteiger partial charge in [0, 0.05) is 6.04 Å². The molecule has 0 aromatic rings. The van der Waals surface area contributed by atoms with Crippen molar-refractivity contribution in [3.05, 3.63) is 0 Å². The molecule has 1 saturated carbocycles. The third kappa shape index (κ3) is 2.44. The Morgan fingerprint density at radius 2 is 1.56 bits per heavy atom. The Balaban J connectivity index is 2.56. The van der Waals surface area contributed by atoms with Crippen molar-refractivity contribution in [1.82, 2.24) is 10.6 Å². The molecular formula is C13H24N2O3. The van der Waals surface area contributed by atoms with Crippen LogP contribution in [0, 0.1) is 16.7 Å². The lowest BCUT2D eigenvalue weighted by molar-refractivity contribution is -0.140. The Morgan fingerprint density at radius 1 is 1.11 bits per heavy atom. The van der Waals surface area contributed by atoms with E-state index in [9.17, 15) is 9.59 Å². The van der Waals surface area contributed by atoms with Crippen molar-refractivity contribution in [2.24, 2.45) is 16.7 Å². The van der Waals surface area contributed by atoms with Crippen LogP contribution >= 0.6 is 0 Å². The zero-order chi connectivity index (χ0) is 14.3. The van der Waals surface area contributed by atoms with E-state index < -0.39 is 18.0 Å². The van der Waals surface area contributed by atoms with Gasteiger partial charge in [-0.1, -0.05) is 41.5 Å². The molecule has 0 aromatic heterocycles. The highest BCUT2D eigenvalue weighted by molar-refractivity contribution is 5.83. The number of carboxylic acid groups (broad SMARTS) is 1. The molecular weight excluding hydrogens is 232 g/mol. The summed E-state index contributed by atoms with van der Waals surface area (Å²) in [5.41, 5.74) is 0.0851. The third-order valence-electron chi connectivity index (χ3n) is 4.52. The molecule has 1 aliphatic carbocycles. The molecule has 1 fully saturated rings. The molecule has 18 heavy (non-hydrogen) atoms. The van der Waals surface area contributed by atoms with Crippen LogP contribution in [0.2, 0.25) is 0 Å². The van der Waals surface area contributed by atoms with Crippen LogP contribution in [0.5, 0.6) is 0 Å². The summed E-state index contributed by atoms with van der Waals surface area (Å²) in [5, 5.41) is 14.4. The quantitative estimate of drug-likeness (QED) is 0.718. The highest BCUT2D eigenvalue weighted by Crippen LogP contribution is 2.62. The number of hydrogen-bond acceptors (Lipinski definition) is 2. The first-order valence-corrected chi connectivity index (χ1v) is 6.31. The lowest BCUT2D eigenvalue weighted by Crippen LogP contribution is -2.49. The molecule has 1 aliphatic rings. The highest BCUT2D eigenvalue weighted by Gasteiger charge is 2.65. The summed E-state index contributed by atoms with van der Waals surface area (Å²) in [5.74, 6) is -1.15. The van der Waals surface area contributed by atoms with Gasteiger partial charge in [-0.2, -0.15) is 0 Å². The van der Waals surface area contributed by atoms with Gasteiger partial charge in [0.1, 0.15) is 6.04 Å². The predicted octanol–water partition coefficient (Wildman–Crippen LogP) is 1.83. The number of aliphatic carboxylic acids is 1. The van der Waals surface area contributed by atoms with Gasteiger partial charge < -0.3 is 15.7 Å². The Kier molecular flexibility index (Phi) is 3.65. The monoisotopic (exact) mass is 256 g/mol. The number of hydrogen-bond donors (Lipinski definition) is 3. The lowest BCUT2D eigenvalue weighted by Gasteiger charge is -2.18. The Hall–Kier alpha value is -1.26. The van der Waals surface area contributed by atoms with Crippen LogP contribution in [0.1, 0.15) is 41.5 Å². The van der Waals surface area contributed by atoms with Gasteiger partial charge in [-0.25, -0.2) is 9.59 Å². The van der Waals surface area contributed by atoms with Crippen LogP contribution in [-0.2, 0) is 4.79 Å². The molecule has 104 valence electrons. The second-order valence-corrected chi connectivity index (χ2v) is 6.55. The van der Waals surface area contributed by atoms with E-state index in [0.717, 1.165) is 0 Å². The van der Waals surface area contributed by atoms with Crippen molar-refractivity contribution < 1.29 is 14.7 Å². The first-order valence-electron chi connectivity index (χ1n) is 6.31. The SMILES string of the molecule is CC(C)[C@@H](NC(=O)NC1C(C)(C)C1(C)C)C(=O)O. The summed E-state index contributed by atoms with van der Waals surface area (Å²) in [4.78, 5) is 22.8. The minimum Gasteiger partial charge on any atom is -0.480 e. The minimum absolute atomic E-state index is 0.0426. The molecule has 0 radical (unpaired) electrons. The number of amides is 2. The third-order valence-corrected chi connectivity index (χ3v) is 4.52. The number of carboxylic acids is 1. The summed E-state index contributed by atoms with van der Waals surface area (Å²) in [6.45, 7) is 11.9. The molecule has 0 heterocycles. The molecule has 3 N–H and O–H groups in total. The second kappa shape index (κ2) is 4.44. The number of rotatable bonds is 4. The largest absolute Gasteiger partial charge is 0.480 e. The van der Waals surface area contributed by atoms with Crippen LogP contribution in [0.15, 0.2) is 0 Å². The Morgan fingerprint density at radius 3 is 1.83 bits per heavy atom. The van der Waals surface area contributed by atoms with E-state index in [0.29, 0.717) is 0 Å². The lowest BCUT2D eigenvalue weighted by atomic mass is 10.0. The van der Waals surface area contributed by atoms with Gasteiger partial charge in [0.25, 0.3) is 0 Å². The first-order chi connectivity index (χ1) is 8.01. The van der Waals surface area contributed by atoms with E-state index >= 15 is 0 Å². The van der Waals surface area contributed by atoms with Gasteiger partial charge in [0.2, 0.25) is 0 Å². The van der Waals surface area contributed by atoms with E-state index in [1.54, 1.807) is 13.8 Å². The molecule has 0 aromatic carbocycles. The maximum atomic E-state index is 11.8. The van der Waals surface area contributed by atoms with E-state index in [1.165, 1.54) is 0 Å². The van der Waals surface area contributed by atoms with Crippen molar-refractivity contribution in [3.63, 3.8) is 0 Å². The molecule has 0 aliphatic heterocycles. The molecule has 2 amide bonds. The van der Waals surface area contributed by atoms with Gasteiger partial charge in [-0.15, -0.1) is 0 Å². The molecule has 1 rings (SSSR count). The molecule has 0 unspecified atom stereocenters. The first kappa shape index (κ1) is 14.8. The summed E-state index contributed by atoms with van der Waals surface area (Å²) in [6, 6.07) is -1.18. The normalized spacial score (nSPS) is 22.4. The van der Waals surface area contributed by atoms with Crippen molar-refractivity contribution in [3.8, 4) is 0 Å². The predicted molar refractivity (Wildman–Crippen MR) is 69.3 cm³/mol. The fourth-order valence-corrected chi connectivity index (χ4v) is 2.38. The number of carbonyl (C=O) groups excluding carboxylic acids is 1. The van der Waals surface area contributed by atoms with E-state index in [4.69, 9.17) is 5.11 Å². The fraction of sp³-hybridized carbons (Fsp3) is 0.846. The zero-order valence-corrected chi connectivity index (χ0v) is 12.0. The van der Waals surface area contributed by atoms with Gasteiger partial charge in [0.05, 0.1) is 0 Å². The van der Waals surface area contributed by atoms with E-state index in [2.05, 4.69) is 38.3 Å². The number of nitrogens with one attached hydrogen (secondary N) is 2. The van der Waals surface area contributed by atoms with Crippen molar-refractivity contribution in [2.75, 3.05) is 0 Å². The summed E-state index contributed by atoms with van der Waals surface area (Å²) >= 11 is 0. The van der Waals surface area contributed by atoms with Crippen LogP contribution < -0.4 is 10.6 Å². The molecule has 5 heteroatoms. The van der Waals surface area contributed by atoms with Crippen molar-refractivity contribution >= 4 is 12.0 Å². The highest BCUT2D eigenvalue weighted by atomic mass is 16.4. The van der Waals surface area contributed by atoms with Gasteiger partial charge in [-0.05, 0) is 16.7 Å². The average Bonchev–Trinajstić information content (AvgIpc) is 2.56. The maximum absolute atomic E-state index is 11.8. The molecule has 1 atom stereocenters. The Labute approximate surface area is 108 Å². The average molecular weight is 256 g/mol. The maximum Gasteiger partial charge on any atom is 0.326 e. The van der Waals surface area contributed by atoms with E-state index in [-0.39, 0.29) is 22.8 Å². The van der Waals surface area contributed by atoms with Crippen molar-refractivity contribution in [1.29, 1.82) is 0 Å². The molecule has 5 nitrogen and oxygen atoms in total. The topological polar surface area (TPSA) is 78.4 Å². The zero-order valence-electron chi connectivity index (χ0n) is 12.0. The van der Waals surface area contributed by atoms with Crippen LogP contribution in [0.25, 0.3) is 0 Å². The summed E-state index contributed by atoms with van der Waals surface area (Å²) in [6.07, 6.45) is 0. The summed E-state index contributed by atoms with van der Waals surface area (Å²) < 4.78 is 0. The van der Waals surface area contributed by atoms with Gasteiger partial charge in [0.15, 0.2) is 0 Å². The molecule has 0 bridgehead atoms. The molecule has 0 spiro atoms. The summed E-state index contributed by atoms with van der Waals surface area (Å²) in [7, 11) is 0. The second-order valence-electron chi connectivity index (χ2n) is 6.55. The number of urea groups is 1. The van der Waals surface area contributed by atoms with E-state index in [1.807, 2.05) is 0 Å². The Bertz CT molecular complexity index is 347.